The number of imidazole rings is 1. The molecule has 0 saturated carbocycles. The number of aryl methyl sites for hydroxylation is 1. The Hall–Kier alpha value is -2.63. The van der Waals surface area contributed by atoms with Crippen molar-refractivity contribution in [1.29, 1.82) is 0 Å². The number of anilines is 1. The second-order valence-corrected chi connectivity index (χ2v) is 4.72. The van der Waals surface area contributed by atoms with E-state index in [0.717, 1.165) is 22.5 Å². The lowest BCUT2D eigenvalue weighted by atomic mass is 10.2. The van der Waals surface area contributed by atoms with Crippen LogP contribution >= 0.6 is 0 Å². The Morgan fingerprint density at radius 1 is 1.30 bits per heavy atom. The molecule has 3 rings (SSSR count). The maximum Gasteiger partial charge on any atom is 0.132 e. The second kappa shape index (κ2) is 4.80. The summed E-state index contributed by atoms with van der Waals surface area (Å²) in [6, 6.07) is 3.82. The summed E-state index contributed by atoms with van der Waals surface area (Å²) in [5, 5.41) is 4.26. The normalized spacial score (nSPS) is 10.9. The largest absolute Gasteiger partial charge is 0.383 e. The molecular formula is C14H16N6. The summed E-state index contributed by atoms with van der Waals surface area (Å²) >= 11 is 0. The molecule has 20 heavy (non-hydrogen) atoms. The summed E-state index contributed by atoms with van der Waals surface area (Å²) in [7, 11) is 1.94. The predicted molar refractivity (Wildman–Crippen MR) is 76.9 cm³/mol. The van der Waals surface area contributed by atoms with Gasteiger partial charge in [-0.15, -0.1) is 0 Å². The van der Waals surface area contributed by atoms with E-state index in [4.69, 9.17) is 5.73 Å². The van der Waals surface area contributed by atoms with Gasteiger partial charge in [-0.05, 0) is 19.1 Å². The van der Waals surface area contributed by atoms with Gasteiger partial charge >= 0.3 is 0 Å². The van der Waals surface area contributed by atoms with E-state index in [-0.39, 0.29) is 0 Å². The van der Waals surface area contributed by atoms with Gasteiger partial charge < -0.3 is 10.3 Å². The SMILES string of the molecule is Cc1c(Cn2cncc2-c2cccnc2N)cnn1C. The zero-order valence-corrected chi connectivity index (χ0v) is 11.5. The van der Waals surface area contributed by atoms with Crippen molar-refractivity contribution in [3.63, 3.8) is 0 Å². The molecule has 0 spiro atoms. The lowest BCUT2D eigenvalue weighted by Gasteiger charge is -2.09. The van der Waals surface area contributed by atoms with Gasteiger partial charge in [-0.1, -0.05) is 0 Å². The third-order valence-electron chi connectivity index (χ3n) is 3.50. The van der Waals surface area contributed by atoms with Crippen LogP contribution in [0.15, 0.2) is 37.1 Å². The molecule has 3 aromatic heterocycles. The minimum Gasteiger partial charge on any atom is -0.383 e. The fraction of sp³-hybridized carbons (Fsp3) is 0.214. The van der Waals surface area contributed by atoms with E-state index in [2.05, 4.69) is 26.6 Å². The summed E-state index contributed by atoms with van der Waals surface area (Å²) in [5.41, 5.74) is 10.1. The lowest BCUT2D eigenvalue weighted by molar-refractivity contribution is 0.732. The van der Waals surface area contributed by atoms with Crippen LogP contribution in [0.3, 0.4) is 0 Å². The topological polar surface area (TPSA) is 74.6 Å². The van der Waals surface area contributed by atoms with Crippen LogP contribution in [0.25, 0.3) is 11.3 Å². The molecule has 6 nitrogen and oxygen atoms in total. The van der Waals surface area contributed by atoms with E-state index >= 15 is 0 Å². The highest BCUT2D eigenvalue weighted by molar-refractivity contribution is 5.70. The molecule has 0 unspecified atom stereocenters. The molecule has 0 saturated heterocycles. The highest BCUT2D eigenvalue weighted by Gasteiger charge is 2.11. The molecule has 0 bridgehead atoms. The van der Waals surface area contributed by atoms with Gasteiger partial charge in [-0.2, -0.15) is 5.10 Å². The lowest BCUT2D eigenvalue weighted by Crippen LogP contribution is -2.03. The molecule has 3 aromatic rings. The Morgan fingerprint density at radius 3 is 2.85 bits per heavy atom. The Morgan fingerprint density at radius 2 is 2.15 bits per heavy atom. The average Bonchev–Trinajstić information content (AvgIpc) is 3.02. The van der Waals surface area contributed by atoms with Crippen molar-refractivity contribution in [1.82, 2.24) is 24.3 Å². The summed E-state index contributed by atoms with van der Waals surface area (Å²) in [6.45, 7) is 2.76. The highest BCUT2D eigenvalue weighted by atomic mass is 15.3. The van der Waals surface area contributed by atoms with Crippen molar-refractivity contribution >= 4 is 5.82 Å². The van der Waals surface area contributed by atoms with Crippen LogP contribution in [-0.4, -0.2) is 24.3 Å². The Kier molecular flexibility index (Phi) is 2.98. The van der Waals surface area contributed by atoms with Crippen LogP contribution in [0.2, 0.25) is 0 Å². The van der Waals surface area contributed by atoms with Gasteiger partial charge in [-0.3, -0.25) is 4.68 Å². The third-order valence-corrected chi connectivity index (χ3v) is 3.50. The minimum absolute atomic E-state index is 0.511. The number of hydrogen-bond donors (Lipinski definition) is 1. The Labute approximate surface area is 116 Å². The van der Waals surface area contributed by atoms with Gasteiger partial charge in [0.2, 0.25) is 0 Å². The van der Waals surface area contributed by atoms with E-state index in [0.29, 0.717) is 12.4 Å². The van der Waals surface area contributed by atoms with E-state index in [9.17, 15) is 0 Å². The van der Waals surface area contributed by atoms with Crippen molar-refractivity contribution in [2.24, 2.45) is 7.05 Å². The first kappa shape index (κ1) is 12.4. The molecule has 0 atom stereocenters. The van der Waals surface area contributed by atoms with Gasteiger partial charge in [0.1, 0.15) is 5.82 Å². The van der Waals surface area contributed by atoms with Crippen LogP contribution in [-0.2, 0) is 13.6 Å². The Balaban J connectivity index is 1.99. The molecule has 0 fully saturated rings. The van der Waals surface area contributed by atoms with Crippen LogP contribution < -0.4 is 5.73 Å². The summed E-state index contributed by atoms with van der Waals surface area (Å²) in [5.74, 6) is 0.511. The van der Waals surface area contributed by atoms with E-state index in [1.807, 2.05) is 30.1 Å². The molecule has 0 aromatic carbocycles. The average molecular weight is 268 g/mol. The molecule has 6 heteroatoms. The van der Waals surface area contributed by atoms with Crippen molar-refractivity contribution in [3.05, 3.63) is 48.3 Å². The number of pyridine rings is 1. The first-order valence-electron chi connectivity index (χ1n) is 6.35. The van der Waals surface area contributed by atoms with E-state index in [1.54, 1.807) is 18.7 Å². The minimum atomic E-state index is 0.511. The van der Waals surface area contributed by atoms with Crippen molar-refractivity contribution in [2.45, 2.75) is 13.5 Å². The van der Waals surface area contributed by atoms with Gasteiger partial charge in [0.05, 0.1) is 31.0 Å². The Bertz CT molecular complexity index is 740. The predicted octanol–water partition coefficient (Wildman–Crippen LogP) is 1.62. The van der Waals surface area contributed by atoms with Gasteiger partial charge in [0.15, 0.2) is 0 Å². The van der Waals surface area contributed by atoms with Crippen molar-refractivity contribution < 1.29 is 0 Å². The quantitative estimate of drug-likeness (QED) is 0.783. The number of rotatable bonds is 3. The molecule has 3 heterocycles. The molecule has 0 aliphatic rings. The highest BCUT2D eigenvalue weighted by Crippen LogP contribution is 2.24. The number of nitrogen functional groups attached to an aromatic ring is 1. The molecule has 0 aliphatic carbocycles. The summed E-state index contributed by atoms with van der Waals surface area (Å²) in [4.78, 5) is 8.35. The van der Waals surface area contributed by atoms with E-state index < -0.39 is 0 Å². The maximum atomic E-state index is 5.94. The molecule has 102 valence electrons. The summed E-state index contributed by atoms with van der Waals surface area (Å²) < 4.78 is 3.92. The first-order chi connectivity index (χ1) is 9.66. The smallest absolute Gasteiger partial charge is 0.132 e. The van der Waals surface area contributed by atoms with Crippen LogP contribution in [0.1, 0.15) is 11.3 Å². The van der Waals surface area contributed by atoms with Crippen LogP contribution in [0.4, 0.5) is 5.82 Å². The molecule has 0 aliphatic heterocycles. The second-order valence-electron chi connectivity index (χ2n) is 4.72. The fourth-order valence-electron chi connectivity index (χ4n) is 2.19. The fourth-order valence-corrected chi connectivity index (χ4v) is 2.19. The number of nitrogens with two attached hydrogens (primary N) is 1. The molecule has 0 amide bonds. The monoisotopic (exact) mass is 268 g/mol. The van der Waals surface area contributed by atoms with Gasteiger partial charge in [0.25, 0.3) is 0 Å². The maximum absolute atomic E-state index is 5.94. The first-order valence-corrected chi connectivity index (χ1v) is 6.35. The number of hydrogen-bond acceptors (Lipinski definition) is 4. The molecular weight excluding hydrogens is 252 g/mol. The summed E-state index contributed by atoms with van der Waals surface area (Å²) in [6.07, 6.45) is 7.17. The standard InChI is InChI=1S/C14H16N6/c1-10-11(6-18-19(10)2)8-20-9-16-7-13(20)12-4-3-5-17-14(12)15/h3-7,9H,8H2,1-2H3,(H2,15,17). The zero-order chi connectivity index (χ0) is 14.1. The van der Waals surface area contributed by atoms with Gasteiger partial charge in [0, 0.05) is 30.1 Å². The molecule has 2 N–H and O–H groups in total. The zero-order valence-electron chi connectivity index (χ0n) is 11.5. The van der Waals surface area contributed by atoms with Crippen LogP contribution in [0, 0.1) is 6.92 Å². The molecule has 0 radical (unpaired) electrons. The van der Waals surface area contributed by atoms with Gasteiger partial charge in [-0.25, -0.2) is 9.97 Å². The third kappa shape index (κ3) is 2.05. The number of aromatic nitrogens is 5. The van der Waals surface area contributed by atoms with Crippen LogP contribution in [0.5, 0.6) is 0 Å². The van der Waals surface area contributed by atoms with Crippen molar-refractivity contribution in [2.75, 3.05) is 5.73 Å². The number of nitrogens with zero attached hydrogens (tertiary/aromatic N) is 5. The van der Waals surface area contributed by atoms with E-state index in [1.165, 1.54) is 0 Å². The van der Waals surface area contributed by atoms with Crippen molar-refractivity contribution in [3.8, 4) is 11.3 Å².